The Balaban J connectivity index is 1.48. The number of piperazine rings is 1. The van der Waals surface area contributed by atoms with Crippen LogP contribution in [-0.4, -0.2) is 45.7 Å². The van der Waals surface area contributed by atoms with Crippen LogP contribution in [0.2, 0.25) is 0 Å². The number of nitrogens with zero attached hydrogens (tertiary/aromatic N) is 2. The van der Waals surface area contributed by atoms with Gasteiger partial charge in [-0.25, -0.2) is 8.42 Å². The fourth-order valence-electron chi connectivity index (χ4n) is 3.13. The molecule has 0 aromatic heterocycles. The third-order valence-corrected chi connectivity index (χ3v) is 6.51. The van der Waals surface area contributed by atoms with Crippen LogP contribution in [0.15, 0.2) is 47.4 Å². The molecule has 1 saturated heterocycles. The van der Waals surface area contributed by atoms with E-state index in [2.05, 4.69) is 36.1 Å². The normalized spacial score (nSPS) is 17.7. The Labute approximate surface area is 147 Å². The molecule has 0 saturated carbocycles. The molecule has 1 fully saturated rings. The lowest BCUT2D eigenvalue weighted by molar-refractivity contribution is 0.174. The summed E-state index contributed by atoms with van der Waals surface area (Å²) in [7, 11) is -3.52. The van der Waals surface area contributed by atoms with Crippen LogP contribution in [0.3, 0.4) is 0 Å². The fraction of sp³-hybridized carbons (Fsp3) is 0.333. The molecule has 2 aromatic carbocycles. The molecule has 0 radical (unpaired) electrons. The van der Waals surface area contributed by atoms with Crippen LogP contribution in [0.1, 0.15) is 5.56 Å². The number of hydrogen-bond acceptors (Lipinski definition) is 5. The van der Waals surface area contributed by atoms with E-state index >= 15 is 0 Å². The maximum absolute atomic E-state index is 12.9. The number of sulfonamides is 1. The summed E-state index contributed by atoms with van der Waals surface area (Å²) in [6.07, 6.45) is 0. The molecule has 0 bridgehead atoms. The van der Waals surface area contributed by atoms with Gasteiger partial charge in [-0.05, 0) is 31.2 Å². The maximum Gasteiger partial charge on any atom is 0.243 e. The second-order valence-electron chi connectivity index (χ2n) is 6.24. The summed E-state index contributed by atoms with van der Waals surface area (Å²) in [6, 6.07) is 13.1. The lowest BCUT2D eigenvalue weighted by Crippen LogP contribution is -2.48. The van der Waals surface area contributed by atoms with Gasteiger partial charge < -0.3 is 14.4 Å². The number of ether oxygens (including phenoxy) is 2. The highest BCUT2D eigenvalue weighted by Crippen LogP contribution is 2.34. The molecule has 0 N–H and O–H groups in total. The van der Waals surface area contributed by atoms with Crippen molar-refractivity contribution in [2.24, 2.45) is 0 Å². The molecule has 7 heteroatoms. The Bertz CT molecular complexity index is 872. The van der Waals surface area contributed by atoms with Gasteiger partial charge in [0.25, 0.3) is 0 Å². The van der Waals surface area contributed by atoms with Crippen molar-refractivity contribution in [2.45, 2.75) is 11.8 Å². The van der Waals surface area contributed by atoms with Crippen LogP contribution in [0, 0.1) is 6.92 Å². The SMILES string of the molecule is Cc1ccc(N2CCN(S(=O)(=O)c3ccc4c(c3)OCO4)CC2)cc1. The minimum Gasteiger partial charge on any atom is -0.454 e. The second-order valence-corrected chi connectivity index (χ2v) is 8.18. The lowest BCUT2D eigenvalue weighted by Gasteiger charge is -2.35. The van der Waals surface area contributed by atoms with Gasteiger partial charge in [0, 0.05) is 37.9 Å². The second kappa shape index (κ2) is 6.24. The van der Waals surface area contributed by atoms with E-state index in [1.807, 2.05) is 0 Å². The van der Waals surface area contributed by atoms with E-state index in [1.165, 1.54) is 9.87 Å². The molecule has 4 rings (SSSR count). The van der Waals surface area contributed by atoms with Crippen LogP contribution < -0.4 is 14.4 Å². The van der Waals surface area contributed by atoms with Crippen molar-refractivity contribution >= 4 is 15.7 Å². The van der Waals surface area contributed by atoms with Gasteiger partial charge >= 0.3 is 0 Å². The predicted molar refractivity (Wildman–Crippen MR) is 94.7 cm³/mol. The maximum atomic E-state index is 12.9. The van der Waals surface area contributed by atoms with Crippen LogP contribution >= 0.6 is 0 Å². The zero-order valence-corrected chi connectivity index (χ0v) is 14.8. The summed E-state index contributed by atoms with van der Waals surface area (Å²) in [5.74, 6) is 1.07. The number of aryl methyl sites for hydroxylation is 1. The number of fused-ring (bicyclic) bond motifs is 1. The monoisotopic (exact) mass is 360 g/mol. The Morgan fingerprint density at radius 2 is 1.56 bits per heavy atom. The Morgan fingerprint density at radius 1 is 0.880 bits per heavy atom. The zero-order chi connectivity index (χ0) is 17.4. The average molecular weight is 360 g/mol. The number of anilines is 1. The molecule has 0 amide bonds. The van der Waals surface area contributed by atoms with E-state index < -0.39 is 10.0 Å². The highest BCUT2D eigenvalue weighted by molar-refractivity contribution is 7.89. The van der Waals surface area contributed by atoms with E-state index in [0.717, 1.165) is 5.69 Å². The van der Waals surface area contributed by atoms with Crippen molar-refractivity contribution < 1.29 is 17.9 Å². The summed E-state index contributed by atoms with van der Waals surface area (Å²) in [6.45, 7) is 4.46. The van der Waals surface area contributed by atoms with Crippen LogP contribution in [0.4, 0.5) is 5.69 Å². The minimum atomic E-state index is -3.52. The highest BCUT2D eigenvalue weighted by Gasteiger charge is 2.30. The van der Waals surface area contributed by atoms with Gasteiger partial charge in [-0.3, -0.25) is 0 Å². The first-order valence-corrected chi connectivity index (χ1v) is 9.69. The standard InChI is InChI=1S/C18H20N2O4S/c1-14-2-4-15(5-3-14)19-8-10-20(11-9-19)25(21,22)16-6-7-17-18(12-16)24-13-23-17/h2-7,12H,8-11,13H2,1H3. The molecule has 2 heterocycles. The van der Waals surface area contributed by atoms with Crippen molar-refractivity contribution in [3.8, 4) is 11.5 Å². The van der Waals surface area contributed by atoms with E-state index in [4.69, 9.17) is 9.47 Å². The molecule has 2 aromatic rings. The van der Waals surface area contributed by atoms with Crippen LogP contribution in [0.25, 0.3) is 0 Å². The Morgan fingerprint density at radius 3 is 2.28 bits per heavy atom. The number of benzene rings is 2. The van der Waals surface area contributed by atoms with Gasteiger partial charge in [-0.1, -0.05) is 17.7 Å². The molecule has 6 nitrogen and oxygen atoms in total. The van der Waals surface area contributed by atoms with E-state index in [1.54, 1.807) is 18.2 Å². The van der Waals surface area contributed by atoms with Gasteiger partial charge in [-0.2, -0.15) is 4.31 Å². The van der Waals surface area contributed by atoms with Crippen molar-refractivity contribution in [3.63, 3.8) is 0 Å². The van der Waals surface area contributed by atoms with Gasteiger partial charge in [0.1, 0.15) is 0 Å². The quantitative estimate of drug-likeness (QED) is 0.840. The molecule has 0 spiro atoms. The average Bonchev–Trinajstić information content (AvgIpc) is 3.10. The fourth-order valence-corrected chi connectivity index (χ4v) is 4.57. The highest BCUT2D eigenvalue weighted by atomic mass is 32.2. The molecule has 0 aliphatic carbocycles. The number of hydrogen-bond donors (Lipinski definition) is 0. The molecule has 25 heavy (non-hydrogen) atoms. The van der Waals surface area contributed by atoms with E-state index in [-0.39, 0.29) is 11.7 Å². The zero-order valence-electron chi connectivity index (χ0n) is 14.0. The summed E-state index contributed by atoms with van der Waals surface area (Å²) < 4.78 is 37.8. The first kappa shape index (κ1) is 16.2. The molecule has 2 aliphatic heterocycles. The van der Waals surface area contributed by atoms with Gasteiger partial charge in [0.05, 0.1) is 4.90 Å². The molecule has 132 valence electrons. The van der Waals surface area contributed by atoms with Gasteiger partial charge in [0.2, 0.25) is 16.8 Å². The minimum absolute atomic E-state index is 0.133. The van der Waals surface area contributed by atoms with E-state index in [0.29, 0.717) is 37.7 Å². The van der Waals surface area contributed by atoms with Crippen LogP contribution in [-0.2, 0) is 10.0 Å². The molecular weight excluding hydrogens is 340 g/mol. The van der Waals surface area contributed by atoms with Crippen molar-refractivity contribution in [3.05, 3.63) is 48.0 Å². The van der Waals surface area contributed by atoms with Gasteiger partial charge in [-0.15, -0.1) is 0 Å². The summed E-state index contributed by atoms with van der Waals surface area (Å²) >= 11 is 0. The van der Waals surface area contributed by atoms with E-state index in [9.17, 15) is 8.42 Å². The molecule has 0 atom stereocenters. The summed E-state index contributed by atoms with van der Waals surface area (Å²) in [4.78, 5) is 2.46. The summed E-state index contributed by atoms with van der Waals surface area (Å²) in [5.41, 5.74) is 2.35. The van der Waals surface area contributed by atoms with Gasteiger partial charge in [0.15, 0.2) is 11.5 Å². The Hall–Kier alpha value is -2.25. The molecular formula is C18H20N2O4S. The van der Waals surface area contributed by atoms with Crippen LogP contribution in [0.5, 0.6) is 11.5 Å². The summed E-state index contributed by atoms with van der Waals surface area (Å²) in [5, 5.41) is 0. The van der Waals surface area contributed by atoms with Crippen molar-refractivity contribution in [1.29, 1.82) is 0 Å². The predicted octanol–water partition coefficient (Wildman–Crippen LogP) is 2.23. The van der Waals surface area contributed by atoms with Crippen molar-refractivity contribution in [2.75, 3.05) is 37.9 Å². The first-order valence-electron chi connectivity index (χ1n) is 8.25. The lowest BCUT2D eigenvalue weighted by atomic mass is 10.2. The molecule has 2 aliphatic rings. The van der Waals surface area contributed by atoms with Crippen molar-refractivity contribution in [1.82, 2.24) is 4.31 Å². The molecule has 0 unspecified atom stereocenters. The largest absolute Gasteiger partial charge is 0.454 e. The first-order chi connectivity index (χ1) is 12.0. The Kier molecular flexibility index (Phi) is 4.05. The third-order valence-electron chi connectivity index (χ3n) is 4.62. The third kappa shape index (κ3) is 3.05. The smallest absolute Gasteiger partial charge is 0.243 e. The topological polar surface area (TPSA) is 59.1 Å². The number of rotatable bonds is 3.